The standard InChI is InChI=1S/C13H15N3O/c1-9(2)8-14-13(17)7-12-15-10-5-3-4-6-11(10)16-12/h3-6H,1,7-8H2,2H3,(H,14,17)(H,15,16)/p+1. The lowest BCUT2D eigenvalue weighted by Crippen LogP contribution is -2.28. The number of amides is 1. The second-order valence-electron chi connectivity index (χ2n) is 4.18. The fourth-order valence-electron chi connectivity index (χ4n) is 1.62. The van der Waals surface area contributed by atoms with Crippen molar-refractivity contribution in [1.29, 1.82) is 0 Å². The lowest BCUT2D eigenvalue weighted by molar-refractivity contribution is -0.356. The molecule has 0 bridgehead atoms. The molecule has 17 heavy (non-hydrogen) atoms. The van der Waals surface area contributed by atoms with Crippen LogP contribution in [-0.4, -0.2) is 17.4 Å². The molecule has 88 valence electrons. The van der Waals surface area contributed by atoms with Crippen molar-refractivity contribution in [2.75, 3.05) is 6.54 Å². The second kappa shape index (κ2) is 4.82. The minimum Gasteiger partial charge on any atom is -0.352 e. The van der Waals surface area contributed by atoms with Gasteiger partial charge in [0, 0.05) is 6.54 Å². The Kier molecular flexibility index (Phi) is 3.23. The number of carbonyl (C=O) groups is 1. The van der Waals surface area contributed by atoms with Crippen LogP contribution in [0.3, 0.4) is 0 Å². The van der Waals surface area contributed by atoms with Crippen LogP contribution in [0.4, 0.5) is 0 Å². The first-order valence-electron chi connectivity index (χ1n) is 5.55. The number of H-pyrrole nitrogens is 2. The molecule has 0 saturated carbocycles. The van der Waals surface area contributed by atoms with E-state index >= 15 is 0 Å². The Labute approximate surface area is 99.8 Å². The van der Waals surface area contributed by atoms with Gasteiger partial charge in [-0.15, -0.1) is 0 Å². The van der Waals surface area contributed by atoms with E-state index in [0.29, 0.717) is 13.0 Å². The number of para-hydroxylation sites is 2. The van der Waals surface area contributed by atoms with Crippen molar-refractivity contribution in [3.05, 3.63) is 42.2 Å². The molecule has 3 N–H and O–H groups in total. The first-order chi connectivity index (χ1) is 8.15. The molecule has 0 aliphatic rings. The normalized spacial score (nSPS) is 10.4. The summed E-state index contributed by atoms with van der Waals surface area (Å²) in [6, 6.07) is 7.86. The lowest BCUT2D eigenvalue weighted by atomic mass is 10.3. The molecule has 1 aromatic heterocycles. The minimum atomic E-state index is -0.0178. The summed E-state index contributed by atoms with van der Waals surface area (Å²) in [6.07, 6.45) is 0.321. The fourth-order valence-corrected chi connectivity index (χ4v) is 1.62. The number of hydrogen-bond acceptors (Lipinski definition) is 1. The molecule has 2 aromatic rings. The Morgan fingerprint density at radius 2 is 2.24 bits per heavy atom. The molecule has 0 aliphatic heterocycles. The summed E-state index contributed by atoms with van der Waals surface area (Å²) in [5, 5.41) is 2.80. The molecule has 0 fully saturated rings. The number of fused-ring (bicyclic) bond motifs is 1. The fraction of sp³-hybridized carbons (Fsp3) is 0.231. The summed E-state index contributed by atoms with van der Waals surface area (Å²) < 4.78 is 0. The van der Waals surface area contributed by atoms with Crippen molar-refractivity contribution in [2.45, 2.75) is 13.3 Å². The van der Waals surface area contributed by atoms with Gasteiger partial charge in [-0.2, -0.15) is 0 Å². The highest BCUT2D eigenvalue weighted by Crippen LogP contribution is 2.06. The second-order valence-corrected chi connectivity index (χ2v) is 4.18. The number of imidazole rings is 1. The molecule has 0 atom stereocenters. The van der Waals surface area contributed by atoms with Crippen LogP contribution in [0.25, 0.3) is 11.0 Å². The smallest absolute Gasteiger partial charge is 0.262 e. The number of nitrogens with one attached hydrogen (secondary N) is 3. The van der Waals surface area contributed by atoms with Gasteiger partial charge in [0.1, 0.15) is 6.42 Å². The molecule has 0 spiro atoms. The van der Waals surface area contributed by atoms with E-state index in [4.69, 9.17) is 0 Å². The first-order valence-corrected chi connectivity index (χ1v) is 5.55. The summed E-state index contributed by atoms with van der Waals surface area (Å²) in [4.78, 5) is 18.0. The number of aromatic nitrogens is 2. The number of hydrogen-bond donors (Lipinski definition) is 2. The third-order valence-electron chi connectivity index (χ3n) is 2.42. The Balaban J connectivity index is 2.03. The van der Waals surface area contributed by atoms with E-state index in [9.17, 15) is 4.79 Å². The SMILES string of the molecule is C=C(C)CNC(=O)Cc1[nH]c2ccccc2[nH+]1. The van der Waals surface area contributed by atoms with Crippen LogP contribution >= 0.6 is 0 Å². The molecule has 0 radical (unpaired) electrons. The molecule has 0 saturated heterocycles. The van der Waals surface area contributed by atoms with E-state index in [2.05, 4.69) is 21.9 Å². The van der Waals surface area contributed by atoms with E-state index in [1.165, 1.54) is 0 Å². The van der Waals surface area contributed by atoms with Gasteiger partial charge in [-0.3, -0.25) is 4.79 Å². The predicted molar refractivity (Wildman–Crippen MR) is 66.4 cm³/mol. The average molecular weight is 230 g/mol. The molecule has 1 heterocycles. The maximum atomic E-state index is 11.6. The van der Waals surface area contributed by atoms with E-state index in [1.807, 2.05) is 31.2 Å². The highest BCUT2D eigenvalue weighted by atomic mass is 16.1. The monoisotopic (exact) mass is 230 g/mol. The molecule has 0 aliphatic carbocycles. The van der Waals surface area contributed by atoms with Gasteiger partial charge < -0.3 is 5.32 Å². The molecule has 2 rings (SSSR count). The van der Waals surface area contributed by atoms with Crippen LogP contribution in [0.15, 0.2) is 36.4 Å². The van der Waals surface area contributed by atoms with Gasteiger partial charge in [-0.1, -0.05) is 24.3 Å². The van der Waals surface area contributed by atoms with E-state index in [0.717, 1.165) is 22.4 Å². The maximum absolute atomic E-state index is 11.6. The van der Waals surface area contributed by atoms with Crippen molar-refractivity contribution in [3.8, 4) is 0 Å². The Hall–Kier alpha value is -2.10. The number of rotatable bonds is 4. The zero-order valence-corrected chi connectivity index (χ0v) is 9.84. The summed E-state index contributed by atoms with van der Waals surface area (Å²) in [5.41, 5.74) is 2.96. The largest absolute Gasteiger partial charge is 0.352 e. The quantitative estimate of drug-likeness (QED) is 0.762. The summed E-state index contributed by atoms with van der Waals surface area (Å²) in [6.45, 7) is 6.15. The van der Waals surface area contributed by atoms with Crippen molar-refractivity contribution < 1.29 is 9.78 Å². The van der Waals surface area contributed by atoms with Crippen molar-refractivity contribution >= 4 is 16.9 Å². The van der Waals surface area contributed by atoms with Crippen LogP contribution in [0.1, 0.15) is 12.7 Å². The lowest BCUT2D eigenvalue weighted by Gasteiger charge is -2.00. The summed E-state index contributed by atoms with van der Waals surface area (Å²) >= 11 is 0. The molecule has 4 heteroatoms. The van der Waals surface area contributed by atoms with Crippen LogP contribution in [0, 0.1) is 0 Å². The maximum Gasteiger partial charge on any atom is 0.262 e. The topological polar surface area (TPSA) is 59.0 Å². The third kappa shape index (κ3) is 2.93. The van der Waals surface area contributed by atoms with Crippen LogP contribution in [0.2, 0.25) is 0 Å². The predicted octanol–water partition coefficient (Wildman–Crippen LogP) is 1.22. The zero-order chi connectivity index (χ0) is 12.3. The first kappa shape index (κ1) is 11.4. The van der Waals surface area contributed by atoms with E-state index < -0.39 is 0 Å². The third-order valence-corrected chi connectivity index (χ3v) is 2.42. The van der Waals surface area contributed by atoms with Gasteiger partial charge in [-0.05, 0) is 19.1 Å². The van der Waals surface area contributed by atoms with E-state index in [-0.39, 0.29) is 5.91 Å². The summed E-state index contributed by atoms with van der Waals surface area (Å²) in [7, 11) is 0. The van der Waals surface area contributed by atoms with Crippen LogP contribution in [0.5, 0.6) is 0 Å². The molecule has 0 unspecified atom stereocenters. The molecule has 4 nitrogen and oxygen atoms in total. The zero-order valence-electron chi connectivity index (χ0n) is 9.84. The van der Waals surface area contributed by atoms with Gasteiger partial charge >= 0.3 is 0 Å². The van der Waals surface area contributed by atoms with Crippen molar-refractivity contribution in [2.24, 2.45) is 0 Å². The number of carbonyl (C=O) groups excluding carboxylic acids is 1. The molecular formula is C13H16N3O+. The van der Waals surface area contributed by atoms with Gasteiger partial charge in [0.15, 0.2) is 11.0 Å². The van der Waals surface area contributed by atoms with Crippen LogP contribution < -0.4 is 10.3 Å². The molecular weight excluding hydrogens is 214 g/mol. The Morgan fingerprint density at radius 1 is 1.47 bits per heavy atom. The van der Waals surface area contributed by atoms with E-state index in [1.54, 1.807) is 0 Å². The Bertz CT molecular complexity index is 524. The average Bonchev–Trinajstić information content (AvgIpc) is 2.68. The molecule has 1 amide bonds. The van der Waals surface area contributed by atoms with Crippen LogP contribution in [-0.2, 0) is 11.2 Å². The Morgan fingerprint density at radius 3 is 2.94 bits per heavy atom. The van der Waals surface area contributed by atoms with Crippen molar-refractivity contribution in [1.82, 2.24) is 10.3 Å². The summed E-state index contributed by atoms with van der Waals surface area (Å²) in [5.74, 6) is 0.793. The van der Waals surface area contributed by atoms with Crippen molar-refractivity contribution in [3.63, 3.8) is 0 Å². The molecule has 1 aromatic carbocycles. The highest BCUT2D eigenvalue weighted by molar-refractivity contribution is 5.78. The van der Waals surface area contributed by atoms with Gasteiger partial charge in [0.05, 0.1) is 0 Å². The minimum absolute atomic E-state index is 0.0178. The van der Waals surface area contributed by atoms with Gasteiger partial charge in [-0.25, -0.2) is 9.97 Å². The van der Waals surface area contributed by atoms with Gasteiger partial charge in [0.25, 0.3) is 5.82 Å². The number of benzene rings is 1. The highest BCUT2D eigenvalue weighted by Gasteiger charge is 2.13. The van der Waals surface area contributed by atoms with Gasteiger partial charge in [0.2, 0.25) is 5.91 Å². The number of aromatic amines is 2.